The molecule has 0 fully saturated rings. The zero-order chi connectivity index (χ0) is 12.3. The fourth-order valence-electron chi connectivity index (χ4n) is 1.05. The van der Waals surface area contributed by atoms with Crippen LogP contribution in [0.4, 0.5) is 0 Å². The molecule has 0 spiro atoms. The molecule has 1 aromatic carbocycles. The van der Waals surface area contributed by atoms with Gasteiger partial charge < -0.3 is 0 Å². The van der Waals surface area contributed by atoms with Gasteiger partial charge in [-0.15, -0.1) is 0 Å². The van der Waals surface area contributed by atoms with Gasteiger partial charge in [0.1, 0.15) is 0 Å². The van der Waals surface area contributed by atoms with E-state index in [2.05, 4.69) is 0 Å². The van der Waals surface area contributed by atoms with E-state index in [1.54, 1.807) is 0 Å². The number of hydrogen-bond acceptors (Lipinski definition) is 5. The number of carbonyl (C=O) groups excluding carboxylic acids is 1. The van der Waals surface area contributed by atoms with Gasteiger partial charge in [-0.2, -0.15) is 0 Å². The zero-order valence-electron chi connectivity index (χ0n) is 8.63. The number of carbonyl (C=O) groups is 1. The second-order valence-electron chi connectivity index (χ2n) is 2.88. The third kappa shape index (κ3) is 3.03. The van der Waals surface area contributed by atoms with Crippen molar-refractivity contribution in [1.82, 2.24) is 0 Å². The summed E-state index contributed by atoms with van der Waals surface area (Å²) < 4.78 is 40.0. The molecule has 0 heterocycles. The molecule has 1 rings (SSSR count). The summed E-state index contributed by atoms with van der Waals surface area (Å²) in [5.74, 6) is -0.449. The molecule has 0 unspecified atom stereocenters. The van der Waals surface area contributed by atoms with E-state index < -0.39 is 19.0 Å². The molecule has 0 saturated heterocycles. The van der Waals surface area contributed by atoms with E-state index >= 15 is 0 Å². The molecule has 1 aromatic rings. The van der Waals surface area contributed by atoms with E-state index in [4.69, 9.17) is 13.7 Å². The minimum atomic E-state index is -5.07. The molecule has 0 aromatic heterocycles. The molecule has 0 bridgehead atoms. The Morgan fingerprint density at radius 1 is 1.31 bits per heavy atom. The quantitative estimate of drug-likeness (QED) is 0.464. The zero-order valence-corrected chi connectivity index (χ0v) is 10.3. The van der Waals surface area contributed by atoms with Crippen LogP contribution in [0.2, 0.25) is 0 Å². The summed E-state index contributed by atoms with van der Waals surface area (Å²) in [6.07, 6.45) is 0. The SMILES string of the molecule is COc1ccc([Se](=O)(=O)O)cc1OC(C)=O. The maximum absolute atomic E-state index is 10.9. The fraction of sp³-hybridized carbons (Fsp3) is 0.222. The Morgan fingerprint density at radius 3 is 2.38 bits per heavy atom. The molecular weight excluding hydrogens is 283 g/mol. The molecule has 0 aliphatic heterocycles. The van der Waals surface area contributed by atoms with Gasteiger partial charge in [-0.25, -0.2) is 0 Å². The Kier molecular flexibility index (Phi) is 3.64. The van der Waals surface area contributed by atoms with Gasteiger partial charge in [-0.3, -0.25) is 0 Å². The average Bonchev–Trinajstić information content (AvgIpc) is 2.15. The molecule has 88 valence electrons. The summed E-state index contributed by atoms with van der Waals surface area (Å²) in [6, 6.07) is 3.51. The summed E-state index contributed by atoms with van der Waals surface area (Å²) >= 11 is -5.07. The number of rotatable bonds is 3. The summed E-state index contributed by atoms with van der Waals surface area (Å²) in [7, 11) is 1.35. The Hall–Kier alpha value is -1.43. The minimum absolute atomic E-state index is 0.0465. The van der Waals surface area contributed by atoms with Crippen molar-refractivity contribution in [2.75, 3.05) is 7.11 Å². The van der Waals surface area contributed by atoms with E-state index in [1.807, 2.05) is 0 Å². The van der Waals surface area contributed by atoms with Gasteiger partial charge in [-0.05, 0) is 0 Å². The molecule has 0 radical (unpaired) electrons. The summed E-state index contributed by atoms with van der Waals surface area (Å²) in [6.45, 7) is 1.17. The van der Waals surface area contributed by atoms with Crippen molar-refractivity contribution in [2.45, 2.75) is 6.92 Å². The monoisotopic (exact) mass is 294 g/mol. The Bertz CT molecular complexity index is 505. The van der Waals surface area contributed by atoms with Crippen molar-refractivity contribution >= 4 is 23.5 Å². The second-order valence-corrected chi connectivity index (χ2v) is 5.86. The normalized spacial score (nSPS) is 10.9. The molecule has 0 saturated carbocycles. The van der Waals surface area contributed by atoms with Crippen molar-refractivity contribution < 1.29 is 26.1 Å². The number of benzene rings is 1. The predicted molar refractivity (Wildman–Crippen MR) is 53.3 cm³/mol. The van der Waals surface area contributed by atoms with Gasteiger partial charge in [0.2, 0.25) is 0 Å². The number of ether oxygens (including phenoxy) is 2. The van der Waals surface area contributed by atoms with Crippen molar-refractivity contribution in [1.29, 1.82) is 0 Å². The van der Waals surface area contributed by atoms with Crippen LogP contribution in [-0.2, 0) is 12.5 Å². The third-order valence-corrected chi connectivity index (χ3v) is 3.47. The van der Waals surface area contributed by atoms with Gasteiger partial charge in [0, 0.05) is 0 Å². The number of esters is 1. The van der Waals surface area contributed by atoms with Crippen molar-refractivity contribution in [3.8, 4) is 11.5 Å². The standard InChI is InChI=1S/C9H10O6Se/c1-6(10)15-9-5-7(16(11,12)13)3-4-8(9)14-2/h3-5H,1-2H3,(H,11,12,13). The fourth-order valence-corrected chi connectivity index (χ4v) is 2.09. The van der Waals surface area contributed by atoms with Crippen LogP contribution >= 0.6 is 0 Å². The molecule has 0 aliphatic carbocycles. The van der Waals surface area contributed by atoms with E-state index in [1.165, 1.54) is 26.2 Å². The summed E-state index contributed by atoms with van der Waals surface area (Å²) in [5.41, 5.74) is 0. The van der Waals surface area contributed by atoms with E-state index in [0.29, 0.717) is 0 Å². The first-order chi connectivity index (χ1) is 7.34. The number of hydrogen-bond donors (Lipinski definition) is 1. The van der Waals surface area contributed by atoms with Crippen molar-refractivity contribution in [3.63, 3.8) is 0 Å². The molecule has 0 aliphatic rings. The van der Waals surface area contributed by atoms with Crippen LogP contribution in [0, 0.1) is 0 Å². The Labute approximate surface area is 93.7 Å². The van der Waals surface area contributed by atoms with Gasteiger partial charge in [0.15, 0.2) is 0 Å². The van der Waals surface area contributed by atoms with Gasteiger partial charge >= 0.3 is 93.3 Å². The molecule has 7 heteroatoms. The Balaban J connectivity index is 3.27. The van der Waals surface area contributed by atoms with Crippen LogP contribution < -0.4 is 13.9 Å². The van der Waals surface area contributed by atoms with Crippen LogP contribution in [0.3, 0.4) is 0 Å². The van der Waals surface area contributed by atoms with Gasteiger partial charge in [0.25, 0.3) is 0 Å². The third-order valence-electron chi connectivity index (χ3n) is 1.69. The molecule has 1 N–H and O–H groups in total. The van der Waals surface area contributed by atoms with E-state index in [9.17, 15) is 12.5 Å². The first-order valence-corrected chi connectivity index (χ1v) is 7.20. The van der Waals surface area contributed by atoms with Crippen LogP contribution in [0.1, 0.15) is 6.92 Å². The van der Waals surface area contributed by atoms with Crippen LogP contribution in [-0.4, -0.2) is 30.3 Å². The van der Waals surface area contributed by atoms with Crippen LogP contribution in [0.5, 0.6) is 11.5 Å². The first kappa shape index (κ1) is 12.6. The second kappa shape index (κ2) is 4.61. The molecular formula is C9H10O6Se. The van der Waals surface area contributed by atoms with Crippen LogP contribution in [0.25, 0.3) is 0 Å². The first-order valence-electron chi connectivity index (χ1n) is 4.18. The molecule has 0 atom stereocenters. The summed E-state index contributed by atoms with van der Waals surface area (Å²) in [5, 5.41) is 0. The van der Waals surface area contributed by atoms with E-state index in [0.717, 1.165) is 6.07 Å². The van der Waals surface area contributed by atoms with Crippen LogP contribution in [0.15, 0.2) is 18.2 Å². The average molecular weight is 293 g/mol. The number of methoxy groups -OCH3 is 1. The van der Waals surface area contributed by atoms with Crippen molar-refractivity contribution in [2.24, 2.45) is 0 Å². The van der Waals surface area contributed by atoms with Crippen molar-refractivity contribution in [3.05, 3.63) is 18.2 Å². The maximum atomic E-state index is 10.9. The summed E-state index contributed by atoms with van der Waals surface area (Å²) in [4.78, 5) is 10.8. The predicted octanol–water partition coefficient (Wildman–Crippen LogP) is -0.380. The topological polar surface area (TPSA) is 89.9 Å². The molecule has 0 amide bonds. The molecule has 6 nitrogen and oxygen atoms in total. The molecule has 16 heavy (non-hydrogen) atoms. The van der Waals surface area contributed by atoms with E-state index in [-0.39, 0.29) is 16.0 Å². The van der Waals surface area contributed by atoms with Gasteiger partial charge in [-0.1, -0.05) is 0 Å². The Morgan fingerprint density at radius 2 is 1.94 bits per heavy atom. The van der Waals surface area contributed by atoms with Gasteiger partial charge in [0.05, 0.1) is 0 Å².